The Morgan fingerprint density at radius 3 is 2.48 bits per heavy atom. The Balaban J connectivity index is 1.63. The number of carboxylic acids is 1. The van der Waals surface area contributed by atoms with Crippen LogP contribution in [-0.2, 0) is 27.7 Å². The summed E-state index contributed by atoms with van der Waals surface area (Å²) < 4.78 is 33.4. The SMILES string of the molecule is CC1(C)Oc2ccc(S(=O)(=O)NCC(=O)O)cc2CC1Cc1ccccc1-c1ccccc1. The molecule has 6 nitrogen and oxygen atoms in total. The molecule has 2 N–H and O–H groups in total. The first kappa shape index (κ1) is 23.0. The van der Waals surface area contributed by atoms with E-state index in [2.05, 4.69) is 42.8 Å². The van der Waals surface area contributed by atoms with E-state index < -0.39 is 28.1 Å². The Bertz CT molecular complexity index is 1270. The van der Waals surface area contributed by atoms with Crippen molar-refractivity contribution in [2.45, 2.75) is 37.2 Å². The fourth-order valence-electron chi connectivity index (χ4n) is 4.28. The maximum Gasteiger partial charge on any atom is 0.318 e. The number of hydrogen-bond acceptors (Lipinski definition) is 4. The van der Waals surface area contributed by atoms with Crippen LogP contribution < -0.4 is 9.46 Å². The molecule has 0 fully saturated rings. The van der Waals surface area contributed by atoms with Gasteiger partial charge in [-0.2, -0.15) is 4.72 Å². The predicted molar refractivity (Wildman–Crippen MR) is 127 cm³/mol. The minimum Gasteiger partial charge on any atom is -0.487 e. The average Bonchev–Trinajstić information content (AvgIpc) is 2.78. The Morgan fingerprint density at radius 2 is 1.76 bits per heavy atom. The van der Waals surface area contributed by atoms with Crippen molar-refractivity contribution in [3.63, 3.8) is 0 Å². The van der Waals surface area contributed by atoms with Crippen LogP contribution in [0.4, 0.5) is 0 Å². The fraction of sp³-hybridized carbons (Fsp3) is 0.269. The molecule has 0 radical (unpaired) electrons. The van der Waals surface area contributed by atoms with Gasteiger partial charge in [0, 0.05) is 5.92 Å². The number of hydrogen-bond donors (Lipinski definition) is 2. The topological polar surface area (TPSA) is 92.7 Å². The van der Waals surface area contributed by atoms with Crippen molar-refractivity contribution in [1.82, 2.24) is 4.72 Å². The molecule has 0 bridgehead atoms. The molecule has 1 aliphatic heterocycles. The largest absolute Gasteiger partial charge is 0.487 e. The zero-order valence-electron chi connectivity index (χ0n) is 18.6. The van der Waals surface area contributed by atoms with Crippen molar-refractivity contribution < 1.29 is 23.1 Å². The van der Waals surface area contributed by atoms with Crippen LogP contribution in [0, 0.1) is 5.92 Å². The van der Waals surface area contributed by atoms with Gasteiger partial charge in [0.1, 0.15) is 17.9 Å². The lowest BCUT2D eigenvalue weighted by atomic mass is 9.77. The number of sulfonamides is 1. The highest BCUT2D eigenvalue weighted by molar-refractivity contribution is 7.89. The van der Waals surface area contributed by atoms with E-state index in [-0.39, 0.29) is 10.8 Å². The molecule has 7 heteroatoms. The summed E-state index contributed by atoms with van der Waals surface area (Å²) >= 11 is 0. The van der Waals surface area contributed by atoms with Crippen LogP contribution in [0.25, 0.3) is 11.1 Å². The lowest BCUT2D eigenvalue weighted by molar-refractivity contribution is -0.135. The van der Waals surface area contributed by atoms with Crippen LogP contribution >= 0.6 is 0 Å². The van der Waals surface area contributed by atoms with Crippen LogP contribution in [0.15, 0.2) is 77.7 Å². The second-order valence-electron chi connectivity index (χ2n) is 8.82. The number of benzene rings is 3. The summed E-state index contributed by atoms with van der Waals surface area (Å²) in [6.07, 6.45) is 1.42. The van der Waals surface area contributed by atoms with Gasteiger partial charge < -0.3 is 9.84 Å². The van der Waals surface area contributed by atoms with Gasteiger partial charge in [-0.05, 0) is 67.1 Å². The molecule has 0 spiro atoms. The maximum absolute atomic E-state index is 12.5. The molecule has 4 rings (SSSR count). The molecule has 3 aromatic rings. The highest BCUT2D eigenvalue weighted by Crippen LogP contribution is 2.40. The molecule has 1 atom stereocenters. The van der Waals surface area contributed by atoms with Gasteiger partial charge in [0.25, 0.3) is 0 Å². The number of rotatable bonds is 7. The third-order valence-electron chi connectivity index (χ3n) is 6.15. The summed E-state index contributed by atoms with van der Waals surface area (Å²) in [6.45, 7) is 3.46. The van der Waals surface area contributed by atoms with Crippen LogP contribution in [0.1, 0.15) is 25.0 Å². The minimum absolute atomic E-state index is 0.0363. The predicted octanol–water partition coefficient (Wildman–Crippen LogP) is 4.29. The number of nitrogens with one attached hydrogen (secondary N) is 1. The summed E-state index contributed by atoms with van der Waals surface area (Å²) in [6, 6.07) is 23.2. The van der Waals surface area contributed by atoms with E-state index >= 15 is 0 Å². The summed E-state index contributed by atoms with van der Waals surface area (Å²) in [5.41, 5.74) is 3.89. The van der Waals surface area contributed by atoms with E-state index in [1.54, 1.807) is 12.1 Å². The number of carboxylic acid groups (broad SMARTS) is 1. The average molecular weight is 466 g/mol. The molecular weight excluding hydrogens is 438 g/mol. The van der Waals surface area contributed by atoms with Crippen molar-refractivity contribution >= 4 is 16.0 Å². The molecule has 33 heavy (non-hydrogen) atoms. The Morgan fingerprint density at radius 1 is 1.06 bits per heavy atom. The minimum atomic E-state index is -3.92. The monoisotopic (exact) mass is 465 g/mol. The first-order valence-corrected chi connectivity index (χ1v) is 12.3. The summed E-state index contributed by atoms with van der Waals surface area (Å²) in [5.74, 6) is -0.469. The van der Waals surface area contributed by atoms with Crippen molar-refractivity contribution in [3.8, 4) is 16.9 Å². The van der Waals surface area contributed by atoms with E-state index in [4.69, 9.17) is 9.84 Å². The number of aliphatic carboxylic acids is 1. The lowest BCUT2D eigenvalue weighted by Crippen LogP contribution is -2.43. The normalized spacial score (nSPS) is 17.1. The highest BCUT2D eigenvalue weighted by Gasteiger charge is 2.37. The molecule has 1 aliphatic rings. The Hall–Kier alpha value is -3.16. The smallest absolute Gasteiger partial charge is 0.318 e. The molecule has 0 saturated carbocycles. The summed E-state index contributed by atoms with van der Waals surface area (Å²) in [4.78, 5) is 10.8. The standard InChI is InChI=1S/C26H27NO5S/c1-26(2)21(14-19-10-6-7-11-23(19)18-8-4-3-5-9-18)15-20-16-22(12-13-24(20)32-26)33(30,31)27-17-25(28)29/h3-13,16,21,27H,14-15,17H2,1-2H3,(H,28,29). The quantitative estimate of drug-likeness (QED) is 0.543. The van der Waals surface area contributed by atoms with Crippen molar-refractivity contribution in [2.75, 3.05) is 6.54 Å². The van der Waals surface area contributed by atoms with Gasteiger partial charge in [-0.1, -0.05) is 54.6 Å². The number of carbonyl (C=O) groups is 1. The van der Waals surface area contributed by atoms with Gasteiger partial charge >= 0.3 is 5.97 Å². The zero-order valence-corrected chi connectivity index (χ0v) is 19.4. The first-order valence-electron chi connectivity index (χ1n) is 10.8. The summed E-state index contributed by atoms with van der Waals surface area (Å²) in [7, 11) is -3.92. The second kappa shape index (κ2) is 9.00. The molecule has 1 heterocycles. The van der Waals surface area contributed by atoms with Crippen LogP contribution in [-0.4, -0.2) is 31.6 Å². The van der Waals surface area contributed by atoms with Crippen LogP contribution in [0.5, 0.6) is 5.75 Å². The first-order chi connectivity index (χ1) is 15.7. The maximum atomic E-state index is 12.5. The van der Waals surface area contributed by atoms with E-state index in [1.807, 2.05) is 30.3 Å². The molecule has 172 valence electrons. The highest BCUT2D eigenvalue weighted by atomic mass is 32.2. The third-order valence-corrected chi connectivity index (χ3v) is 7.55. The van der Waals surface area contributed by atoms with E-state index in [1.165, 1.54) is 17.2 Å². The Labute approximate surface area is 194 Å². The van der Waals surface area contributed by atoms with E-state index in [0.717, 1.165) is 17.5 Å². The van der Waals surface area contributed by atoms with Crippen LogP contribution in [0.2, 0.25) is 0 Å². The fourth-order valence-corrected chi connectivity index (χ4v) is 5.31. The Kier molecular flexibility index (Phi) is 6.28. The van der Waals surface area contributed by atoms with E-state index in [0.29, 0.717) is 12.2 Å². The van der Waals surface area contributed by atoms with Crippen LogP contribution in [0.3, 0.4) is 0 Å². The number of ether oxygens (including phenoxy) is 1. The molecule has 3 aromatic carbocycles. The molecular formula is C26H27NO5S. The molecule has 0 amide bonds. The van der Waals surface area contributed by atoms with Crippen molar-refractivity contribution in [3.05, 3.63) is 83.9 Å². The number of fused-ring (bicyclic) bond motifs is 1. The van der Waals surface area contributed by atoms with E-state index in [9.17, 15) is 13.2 Å². The van der Waals surface area contributed by atoms with Gasteiger partial charge in [0.05, 0.1) is 4.90 Å². The van der Waals surface area contributed by atoms with Crippen molar-refractivity contribution in [2.24, 2.45) is 5.92 Å². The van der Waals surface area contributed by atoms with Gasteiger partial charge in [-0.25, -0.2) is 8.42 Å². The van der Waals surface area contributed by atoms with Gasteiger partial charge in [-0.15, -0.1) is 0 Å². The second-order valence-corrected chi connectivity index (χ2v) is 10.6. The molecule has 0 saturated heterocycles. The van der Waals surface area contributed by atoms with Gasteiger partial charge in [0.15, 0.2) is 0 Å². The van der Waals surface area contributed by atoms with Crippen molar-refractivity contribution in [1.29, 1.82) is 0 Å². The summed E-state index contributed by atoms with van der Waals surface area (Å²) in [5, 5.41) is 8.81. The molecule has 0 aliphatic carbocycles. The third kappa shape index (κ3) is 5.10. The molecule has 1 unspecified atom stereocenters. The van der Waals surface area contributed by atoms with Gasteiger partial charge in [-0.3, -0.25) is 4.79 Å². The molecule has 0 aromatic heterocycles. The van der Waals surface area contributed by atoms with Gasteiger partial charge in [0.2, 0.25) is 10.0 Å². The zero-order chi connectivity index (χ0) is 23.6. The lowest BCUT2D eigenvalue weighted by Gasteiger charge is -2.40.